The number of halogens is 1. The Kier molecular flexibility index (Phi) is 7.33. The molecule has 0 aromatic heterocycles. The van der Waals surface area contributed by atoms with Crippen LogP contribution in [-0.4, -0.2) is 27.1 Å². The summed E-state index contributed by atoms with van der Waals surface area (Å²) in [6.45, 7) is 5.60. The van der Waals surface area contributed by atoms with Crippen molar-refractivity contribution in [3.8, 4) is 0 Å². The lowest BCUT2D eigenvalue weighted by Gasteiger charge is -2.23. The number of rotatable bonds is 7. The van der Waals surface area contributed by atoms with E-state index < -0.39 is 22.5 Å². The third-order valence-corrected chi connectivity index (χ3v) is 7.27. The van der Waals surface area contributed by atoms with Crippen LogP contribution in [0.5, 0.6) is 0 Å². The lowest BCUT2D eigenvalue weighted by molar-refractivity contribution is -0.119. The molecule has 1 N–H and O–H groups in total. The van der Waals surface area contributed by atoms with E-state index >= 15 is 0 Å². The van der Waals surface area contributed by atoms with Gasteiger partial charge in [-0.2, -0.15) is 5.10 Å². The highest BCUT2D eigenvalue weighted by Gasteiger charge is 2.27. The number of anilines is 1. The van der Waals surface area contributed by atoms with Gasteiger partial charge < -0.3 is 0 Å². The van der Waals surface area contributed by atoms with Gasteiger partial charge in [-0.1, -0.05) is 41.9 Å². The van der Waals surface area contributed by atoms with Crippen molar-refractivity contribution in [2.24, 2.45) is 5.10 Å². The average molecular weight is 470 g/mol. The van der Waals surface area contributed by atoms with Gasteiger partial charge in [-0.15, -0.1) is 0 Å². The van der Waals surface area contributed by atoms with Gasteiger partial charge >= 0.3 is 0 Å². The van der Waals surface area contributed by atoms with Crippen LogP contribution in [0, 0.1) is 20.8 Å². The Labute approximate surface area is 193 Å². The molecule has 0 unspecified atom stereocenters. The van der Waals surface area contributed by atoms with E-state index in [0.29, 0.717) is 10.7 Å². The van der Waals surface area contributed by atoms with Crippen LogP contribution in [0.1, 0.15) is 22.3 Å². The van der Waals surface area contributed by atoms with Crippen molar-refractivity contribution in [3.63, 3.8) is 0 Å². The van der Waals surface area contributed by atoms with Gasteiger partial charge in [0.2, 0.25) is 0 Å². The first kappa shape index (κ1) is 23.5. The van der Waals surface area contributed by atoms with E-state index in [1.807, 2.05) is 32.9 Å². The molecule has 0 aliphatic heterocycles. The van der Waals surface area contributed by atoms with Gasteiger partial charge in [0, 0.05) is 5.02 Å². The topological polar surface area (TPSA) is 78.8 Å². The molecule has 0 spiro atoms. The number of carbonyl (C=O) groups is 1. The molecule has 0 aliphatic carbocycles. The average Bonchev–Trinajstić information content (AvgIpc) is 2.78. The van der Waals surface area contributed by atoms with Crippen molar-refractivity contribution in [2.45, 2.75) is 25.7 Å². The van der Waals surface area contributed by atoms with Crippen LogP contribution in [-0.2, 0) is 14.8 Å². The zero-order chi connectivity index (χ0) is 23.3. The molecular weight excluding hydrogens is 446 g/mol. The molecule has 8 heteroatoms. The molecule has 32 heavy (non-hydrogen) atoms. The van der Waals surface area contributed by atoms with E-state index in [-0.39, 0.29) is 4.90 Å². The largest absolute Gasteiger partial charge is 0.271 e. The fraction of sp³-hybridized carbons (Fsp3) is 0.167. The van der Waals surface area contributed by atoms with Gasteiger partial charge in [0.25, 0.3) is 15.9 Å². The first-order valence-corrected chi connectivity index (χ1v) is 11.7. The maximum atomic E-state index is 13.2. The van der Waals surface area contributed by atoms with Crippen molar-refractivity contribution < 1.29 is 13.2 Å². The second-order valence-electron chi connectivity index (χ2n) is 7.32. The third-order valence-electron chi connectivity index (χ3n) is 5.23. The highest BCUT2D eigenvalue weighted by molar-refractivity contribution is 7.92. The van der Waals surface area contributed by atoms with E-state index in [0.717, 1.165) is 21.0 Å². The summed E-state index contributed by atoms with van der Waals surface area (Å²) >= 11 is 5.95. The lowest BCUT2D eigenvalue weighted by atomic mass is 10.00. The van der Waals surface area contributed by atoms with Crippen LogP contribution < -0.4 is 9.73 Å². The van der Waals surface area contributed by atoms with Crippen molar-refractivity contribution in [1.29, 1.82) is 0 Å². The Morgan fingerprint density at radius 2 is 1.62 bits per heavy atom. The van der Waals surface area contributed by atoms with Crippen LogP contribution in [0.4, 0.5) is 5.69 Å². The Balaban J connectivity index is 1.83. The van der Waals surface area contributed by atoms with Crippen LogP contribution in [0.2, 0.25) is 5.02 Å². The quantitative estimate of drug-likeness (QED) is 0.405. The monoisotopic (exact) mass is 469 g/mol. The predicted molar refractivity (Wildman–Crippen MR) is 129 cm³/mol. The maximum Gasteiger partial charge on any atom is 0.264 e. The number of benzene rings is 3. The number of amides is 1. The molecule has 166 valence electrons. The van der Waals surface area contributed by atoms with Crippen LogP contribution in [0.15, 0.2) is 76.7 Å². The molecule has 3 rings (SSSR count). The molecule has 0 heterocycles. The molecular formula is C24H24ClN3O3S. The van der Waals surface area contributed by atoms with Gasteiger partial charge in [-0.3, -0.25) is 9.10 Å². The molecule has 0 radical (unpaired) electrons. The molecule has 0 atom stereocenters. The fourth-order valence-corrected chi connectivity index (χ4v) is 4.67. The molecule has 3 aromatic carbocycles. The van der Waals surface area contributed by atoms with Gasteiger partial charge in [0.05, 0.1) is 16.8 Å². The highest BCUT2D eigenvalue weighted by atomic mass is 35.5. The number of nitrogens with one attached hydrogen (secondary N) is 1. The molecule has 0 saturated heterocycles. The summed E-state index contributed by atoms with van der Waals surface area (Å²) in [6.07, 6.45) is 1.55. The zero-order valence-electron chi connectivity index (χ0n) is 18.0. The lowest BCUT2D eigenvalue weighted by Crippen LogP contribution is -2.39. The number of sulfonamides is 1. The first-order valence-electron chi connectivity index (χ1n) is 9.92. The first-order chi connectivity index (χ1) is 15.2. The van der Waals surface area contributed by atoms with Crippen molar-refractivity contribution in [2.75, 3.05) is 10.8 Å². The predicted octanol–water partition coefficient (Wildman–Crippen LogP) is 4.61. The number of hydrazone groups is 1. The van der Waals surface area contributed by atoms with Crippen LogP contribution in [0.3, 0.4) is 0 Å². The molecule has 0 fully saturated rings. The molecule has 6 nitrogen and oxygen atoms in total. The second-order valence-corrected chi connectivity index (χ2v) is 9.61. The Hall–Kier alpha value is -3.16. The summed E-state index contributed by atoms with van der Waals surface area (Å²) in [7, 11) is -3.98. The summed E-state index contributed by atoms with van der Waals surface area (Å²) in [4.78, 5) is 12.7. The SMILES string of the molecule is Cc1ccc(/C=N/NC(=O)CN(c2ccc(Cl)cc2)S(=O)(=O)c2ccccc2)c(C)c1C. The Morgan fingerprint density at radius 3 is 2.28 bits per heavy atom. The Bertz CT molecular complexity index is 1240. The standard InChI is InChI=1S/C24H24ClN3O3S/c1-17-9-10-20(19(3)18(17)2)15-26-27-24(29)16-28(22-13-11-21(25)12-14-22)32(30,31)23-7-5-4-6-8-23/h4-15H,16H2,1-3H3,(H,27,29)/b26-15+. The van der Waals surface area contributed by atoms with E-state index in [1.165, 1.54) is 17.7 Å². The molecule has 0 bridgehead atoms. The van der Waals surface area contributed by atoms with Crippen molar-refractivity contribution in [3.05, 3.63) is 94.0 Å². The molecule has 0 saturated carbocycles. The van der Waals surface area contributed by atoms with Gasteiger partial charge in [0.15, 0.2) is 0 Å². The van der Waals surface area contributed by atoms with Gasteiger partial charge in [0.1, 0.15) is 6.54 Å². The minimum Gasteiger partial charge on any atom is -0.271 e. The summed E-state index contributed by atoms with van der Waals surface area (Å²) in [5, 5.41) is 4.48. The van der Waals surface area contributed by atoms with E-state index in [1.54, 1.807) is 48.7 Å². The molecule has 3 aromatic rings. The highest BCUT2D eigenvalue weighted by Crippen LogP contribution is 2.25. The van der Waals surface area contributed by atoms with Crippen LogP contribution >= 0.6 is 11.6 Å². The molecule has 1 amide bonds. The number of hydrogen-bond acceptors (Lipinski definition) is 4. The maximum absolute atomic E-state index is 13.2. The van der Waals surface area contributed by atoms with E-state index in [9.17, 15) is 13.2 Å². The number of aryl methyl sites for hydroxylation is 1. The summed E-state index contributed by atoms with van der Waals surface area (Å²) in [6, 6.07) is 18.1. The number of hydrogen-bond donors (Lipinski definition) is 1. The van der Waals surface area contributed by atoms with Gasteiger partial charge in [-0.25, -0.2) is 13.8 Å². The smallest absolute Gasteiger partial charge is 0.264 e. The normalized spacial score (nSPS) is 11.5. The summed E-state index contributed by atoms with van der Waals surface area (Å²) in [5.74, 6) is -0.572. The van der Waals surface area contributed by atoms with Crippen molar-refractivity contribution in [1.82, 2.24) is 5.43 Å². The van der Waals surface area contributed by atoms with E-state index in [2.05, 4.69) is 10.5 Å². The minimum atomic E-state index is -3.98. The third kappa shape index (κ3) is 5.36. The van der Waals surface area contributed by atoms with Crippen LogP contribution in [0.25, 0.3) is 0 Å². The summed E-state index contributed by atoms with van der Waals surface area (Å²) < 4.78 is 27.5. The molecule has 0 aliphatic rings. The summed E-state index contributed by atoms with van der Waals surface area (Å²) in [5.41, 5.74) is 7.02. The zero-order valence-corrected chi connectivity index (χ0v) is 19.6. The number of nitrogens with zero attached hydrogens (tertiary/aromatic N) is 2. The second kappa shape index (κ2) is 9.97. The fourth-order valence-electron chi connectivity index (χ4n) is 3.10. The minimum absolute atomic E-state index is 0.0806. The number of carbonyl (C=O) groups excluding carboxylic acids is 1. The Morgan fingerprint density at radius 1 is 0.969 bits per heavy atom. The van der Waals surface area contributed by atoms with Crippen molar-refractivity contribution >= 4 is 39.4 Å². The van der Waals surface area contributed by atoms with E-state index in [4.69, 9.17) is 11.6 Å². The van der Waals surface area contributed by atoms with Gasteiger partial charge in [-0.05, 0) is 79.4 Å².